The van der Waals surface area contributed by atoms with Gasteiger partial charge in [0, 0.05) is 23.6 Å². The molecule has 0 radical (unpaired) electrons. The van der Waals surface area contributed by atoms with Crippen LogP contribution in [-0.4, -0.2) is 78.7 Å². The number of urea groups is 1. The van der Waals surface area contributed by atoms with Crippen molar-refractivity contribution in [1.82, 2.24) is 10.6 Å². The van der Waals surface area contributed by atoms with Crippen molar-refractivity contribution in [3.8, 4) is 0 Å². The molecule has 0 saturated heterocycles. The Kier molecular flexibility index (Phi) is 13.4. The van der Waals surface area contributed by atoms with Crippen LogP contribution in [0.1, 0.15) is 13.8 Å². The van der Waals surface area contributed by atoms with Crippen LogP contribution in [0.4, 0.5) is 4.79 Å². The number of aliphatic hydroxyl groups is 2. The van der Waals surface area contributed by atoms with Crippen LogP contribution in [0.2, 0.25) is 0 Å². The summed E-state index contributed by atoms with van der Waals surface area (Å²) < 4.78 is 9.68. The minimum atomic E-state index is -1.06. The van der Waals surface area contributed by atoms with Gasteiger partial charge in [-0.1, -0.05) is 13.5 Å². The molecule has 10 heteroatoms. The van der Waals surface area contributed by atoms with Gasteiger partial charge in [-0.3, -0.25) is 4.79 Å². The molecule has 0 aromatic carbocycles. The number of carbonyl (C=O) groups excluding carboxylic acids is 3. The number of aliphatic hydroxyl groups excluding tert-OH is 2. The van der Waals surface area contributed by atoms with Crippen molar-refractivity contribution in [2.75, 3.05) is 44.4 Å². The highest BCUT2D eigenvalue weighted by molar-refractivity contribution is 7.99. The molecule has 0 rings (SSSR count). The third-order valence-electron chi connectivity index (χ3n) is 2.90. The van der Waals surface area contributed by atoms with E-state index in [1.807, 2.05) is 0 Å². The van der Waals surface area contributed by atoms with Crippen molar-refractivity contribution in [3.63, 3.8) is 0 Å². The van der Waals surface area contributed by atoms with Crippen molar-refractivity contribution in [1.29, 1.82) is 0 Å². The average Bonchev–Trinajstić information content (AvgIpc) is 2.61. The van der Waals surface area contributed by atoms with Crippen LogP contribution in [-0.2, 0) is 19.1 Å². The molecule has 0 aliphatic carbocycles. The highest BCUT2D eigenvalue weighted by Gasteiger charge is 2.16. The van der Waals surface area contributed by atoms with E-state index in [9.17, 15) is 14.4 Å². The van der Waals surface area contributed by atoms with Crippen molar-refractivity contribution in [2.45, 2.75) is 20.0 Å². The summed E-state index contributed by atoms with van der Waals surface area (Å²) in [6, 6.07) is -0.373. The molecule has 0 spiro atoms. The first-order valence-corrected chi connectivity index (χ1v) is 9.31. The molecule has 2 amide bonds. The van der Waals surface area contributed by atoms with Crippen LogP contribution in [0.3, 0.4) is 0 Å². The number of ether oxygens (including phenoxy) is 2. The van der Waals surface area contributed by atoms with Crippen LogP contribution in [0, 0.1) is 5.92 Å². The Morgan fingerprint density at radius 3 is 2.46 bits per heavy atom. The third-order valence-corrected chi connectivity index (χ3v) is 4.13. The number of hydrogen-bond acceptors (Lipinski definition) is 8. The van der Waals surface area contributed by atoms with Gasteiger partial charge in [-0.2, -0.15) is 11.8 Å². The van der Waals surface area contributed by atoms with Crippen LogP contribution >= 0.6 is 11.8 Å². The van der Waals surface area contributed by atoms with E-state index in [1.165, 1.54) is 11.8 Å². The van der Waals surface area contributed by atoms with Crippen molar-refractivity contribution in [3.05, 3.63) is 12.2 Å². The molecule has 0 fully saturated rings. The Hall–Kier alpha value is -1.78. The van der Waals surface area contributed by atoms with Crippen LogP contribution in [0.25, 0.3) is 0 Å². The van der Waals surface area contributed by atoms with Gasteiger partial charge in [0.1, 0.15) is 19.3 Å². The number of nitrogens with one attached hydrogen (secondary N) is 2. The lowest BCUT2D eigenvalue weighted by atomic mass is 10.2. The van der Waals surface area contributed by atoms with Crippen molar-refractivity contribution >= 4 is 29.7 Å². The van der Waals surface area contributed by atoms with E-state index in [-0.39, 0.29) is 31.7 Å². The van der Waals surface area contributed by atoms with Crippen LogP contribution in [0.5, 0.6) is 0 Å². The summed E-state index contributed by atoms with van der Waals surface area (Å²) in [5.74, 6) is -0.187. The summed E-state index contributed by atoms with van der Waals surface area (Å²) in [5, 5.41) is 22.9. The first kappa shape index (κ1) is 24.2. The Balaban J connectivity index is 3.64. The van der Waals surface area contributed by atoms with E-state index < -0.39 is 24.6 Å². The van der Waals surface area contributed by atoms with E-state index in [2.05, 4.69) is 17.2 Å². The minimum Gasteiger partial charge on any atom is -0.463 e. The lowest BCUT2D eigenvalue weighted by Gasteiger charge is -2.13. The third kappa shape index (κ3) is 12.6. The summed E-state index contributed by atoms with van der Waals surface area (Å²) in [4.78, 5) is 34.2. The second-order valence-corrected chi connectivity index (χ2v) is 6.69. The van der Waals surface area contributed by atoms with Gasteiger partial charge in [-0.25, -0.2) is 9.59 Å². The molecule has 0 aliphatic heterocycles. The monoisotopic (exact) mass is 392 g/mol. The standard InChI is InChI=1S/C16H28N2O7S/c1-11(2)14(21)24-6-4-17-16(23)18-5-7-26-10-12(3)15(22)25-9-13(20)8-19/h12-13,19-20H,1,4-10H2,2-3H3,(H2,17,18,23). The fraction of sp³-hybridized carbons (Fsp3) is 0.688. The van der Waals surface area contributed by atoms with Gasteiger partial charge < -0.3 is 30.3 Å². The lowest BCUT2D eigenvalue weighted by molar-refractivity contribution is -0.150. The number of rotatable bonds is 13. The van der Waals surface area contributed by atoms with E-state index in [0.717, 1.165) is 0 Å². The molecule has 2 unspecified atom stereocenters. The van der Waals surface area contributed by atoms with E-state index in [4.69, 9.17) is 19.7 Å². The van der Waals surface area contributed by atoms with Gasteiger partial charge in [0.05, 0.1) is 19.1 Å². The minimum absolute atomic E-state index is 0.0679. The first-order valence-electron chi connectivity index (χ1n) is 8.15. The zero-order valence-electron chi connectivity index (χ0n) is 15.2. The topological polar surface area (TPSA) is 134 Å². The van der Waals surface area contributed by atoms with Gasteiger partial charge in [0.2, 0.25) is 0 Å². The van der Waals surface area contributed by atoms with Gasteiger partial charge in [-0.15, -0.1) is 0 Å². The van der Waals surface area contributed by atoms with Gasteiger partial charge in [0.25, 0.3) is 0 Å². The van der Waals surface area contributed by atoms with Crippen molar-refractivity contribution in [2.24, 2.45) is 5.92 Å². The molecule has 4 N–H and O–H groups in total. The highest BCUT2D eigenvalue weighted by Crippen LogP contribution is 2.09. The van der Waals surface area contributed by atoms with E-state index in [1.54, 1.807) is 13.8 Å². The molecule has 0 aromatic heterocycles. The van der Waals surface area contributed by atoms with Gasteiger partial charge >= 0.3 is 18.0 Å². The number of hydrogen-bond donors (Lipinski definition) is 4. The molecule has 26 heavy (non-hydrogen) atoms. The van der Waals surface area contributed by atoms with Crippen LogP contribution in [0.15, 0.2) is 12.2 Å². The normalized spacial score (nSPS) is 12.6. The summed E-state index contributed by atoms with van der Waals surface area (Å²) in [6.45, 7) is 6.67. The fourth-order valence-corrected chi connectivity index (χ4v) is 2.33. The van der Waals surface area contributed by atoms with E-state index >= 15 is 0 Å². The Bertz CT molecular complexity index is 474. The molecule has 0 aromatic rings. The zero-order valence-corrected chi connectivity index (χ0v) is 16.0. The summed E-state index contributed by atoms with van der Waals surface area (Å²) in [6.07, 6.45) is -1.06. The largest absolute Gasteiger partial charge is 0.463 e. The second-order valence-electron chi connectivity index (χ2n) is 5.54. The molecule has 0 aliphatic rings. The quantitative estimate of drug-likeness (QED) is 0.190. The average molecular weight is 392 g/mol. The molecule has 0 saturated carbocycles. The van der Waals surface area contributed by atoms with E-state index in [0.29, 0.717) is 23.6 Å². The van der Waals surface area contributed by atoms with Crippen molar-refractivity contribution < 1.29 is 34.1 Å². The number of esters is 2. The highest BCUT2D eigenvalue weighted by atomic mass is 32.2. The SMILES string of the molecule is C=C(C)C(=O)OCCNC(=O)NCCSCC(C)C(=O)OCC(O)CO. The molecular formula is C16H28N2O7S. The molecule has 2 atom stereocenters. The maximum Gasteiger partial charge on any atom is 0.333 e. The summed E-state index contributed by atoms with van der Waals surface area (Å²) in [5.41, 5.74) is 0.300. The first-order chi connectivity index (χ1) is 12.3. The molecular weight excluding hydrogens is 364 g/mol. The number of thioether (sulfide) groups is 1. The maximum absolute atomic E-state index is 11.6. The second kappa shape index (κ2) is 14.4. The fourth-order valence-electron chi connectivity index (χ4n) is 1.43. The number of amides is 2. The Morgan fingerprint density at radius 2 is 1.85 bits per heavy atom. The molecule has 0 bridgehead atoms. The van der Waals surface area contributed by atoms with Crippen LogP contribution < -0.4 is 10.6 Å². The molecule has 150 valence electrons. The molecule has 9 nitrogen and oxygen atoms in total. The maximum atomic E-state index is 11.6. The predicted octanol–water partition coefficient (Wildman–Crippen LogP) is -0.329. The Morgan fingerprint density at radius 1 is 1.19 bits per heavy atom. The summed E-state index contributed by atoms with van der Waals surface area (Å²) in [7, 11) is 0. The van der Waals surface area contributed by atoms with Gasteiger partial charge in [-0.05, 0) is 6.92 Å². The summed E-state index contributed by atoms with van der Waals surface area (Å²) >= 11 is 1.47. The number of carbonyl (C=O) groups is 3. The smallest absolute Gasteiger partial charge is 0.333 e. The van der Waals surface area contributed by atoms with Gasteiger partial charge in [0.15, 0.2) is 0 Å². The Labute approximate surface area is 157 Å². The molecule has 0 heterocycles. The lowest BCUT2D eigenvalue weighted by Crippen LogP contribution is -2.38. The predicted molar refractivity (Wildman–Crippen MR) is 97.7 cm³/mol. The zero-order chi connectivity index (χ0) is 19.9.